The molecule has 1 saturated heterocycles. The van der Waals surface area contributed by atoms with Gasteiger partial charge < -0.3 is 20.5 Å². The lowest BCUT2D eigenvalue weighted by Gasteiger charge is -2.27. The third-order valence-corrected chi connectivity index (χ3v) is 7.62. The van der Waals surface area contributed by atoms with Crippen LogP contribution in [0.4, 0.5) is 10.1 Å². The number of carbonyl (C=O) groups is 3. The first-order chi connectivity index (χ1) is 18.9. The highest BCUT2D eigenvalue weighted by Crippen LogP contribution is 2.46. The molecule has 3 amide bonds. The van der Waals surface area contributed by atoms with E-state index in [0.717, 1.165) is 16.5 Å². The maximum atomic E-state index is 14.0. The van der Waals surface area contributed by atoms with Crippen molar-refractivity contribution in [3.05, 3.63) is 102 Å². The molecule has 0 saturated carbocycles. The third-order valence-electron chi connectivity index (χ3n) is 7.62. The molecule has 9 heteroatoms. The van der Waals surface area contributed by atoms with E-state index in [1.54, 1.807) is 18.2 Å². The molecular weight excluding hydrogens is 497 g/mol. The lowest BCUT2D eigenvalue weighted by atomic mass is 9.80. The highest BCUT2D eigenvalue weighted by Gasteiger charge is 2.56. The number of fused-ring (bicyclic) bond motifs is 3. The normalized spacial score (nSPS) is 20.5. The Morgan fingerprint density at radius 2 is 1.90 bits per heavy atom. The van der Waals surface area contributed by atoms with E-state index in [-0.39, 0.29) is 31.0 Å². The van der Waals surface area contributed by atoms with E-state index < -0.39 is 35.1 Å². The summed E-state index contributed by atoms with van der Waals surface area (Å²) in [5.74, 6) is -1.74. The molecule has 3 N–H and O–H groups in total. The second-order valence-electron chi connectivity index (χ2n) is 10.0. The Labute approximate surface area is 223 Å². The second kappa shape index (κ2) is 9.40. The summed E-state index contributed by atoms with van der Waals surface area (Å²) < 4.78 is 14.0. The summed E-state index contributed by atoms with van der Waals surface area (Å²) in [5, 5.41) is 16.5. The van der Waals surface area contributed by atoms with Gasteiger partial charge in [-0.2, -0.15) is 5.26 Å². The smallest absolute Gasteiger partial charge is 0.268 e. The Bertz CT molecular complexity index is 1640. The van der Waals surface area contributed by atoms with Crippen molar-refractivity contribution in [3.8, 4) is 6.07 Å². The number of para-hydroxylation sites is 2. The molecule has 1 fully saturated rings. The molecule has 8 nitrogen and oxygen atoms in total. The number of carbonyl (C=O) groups excluding carboxylic acids is 3. The number of hydrogen-bond acceptors (Lipinski definition) is 4. The van der Waals surface area contributed by atoms with Crippen LogP contribution in [0.3, 0.4) is 0 Å². The number of H-pyrrole nitrogens is 1. The average Bonchev–Trinajstić information content (AvgIpc) is 3.62. The molecule has 0 unspecified atom stereocenters. The minimum atomic E-state index is -1.10. The largest absolute Gasteiger partial charge is 0.351 e. The van der Waals surface area contributed by atoms with Gasteiger partial charge in [0.25, 0.3) is 5.91 Å². The van der Waals surface area contributed by atoms with Crippen LogP contribution in [-0.4, -0.2) is 46.2 Å². The Hall–Kier alpha value is -4.97. The van der Waals surface area contributed by atoms with Gasteiger partial charge in [0.2, 0.25) is 11.8 Å². The predicted molar refractivity (Wildman–Crippen MR) is 142 cm³/mol. The first kappa shape index (κ1) is 24.4. The monoisotopic (exact) mass is 521 g/mol. The van der Waals surface area contributed by atoms with E-state index in [0.29, 0.717) is 11.3 Å². The van der Waals surface area contributed by atoms with Crippen LogP contribution >= 0.6 is 0 Å². The number of nitriles is 1. The Balaban J connectivity index is 1.32. The minimum absolute atomic E-state index is 0.00514. The van der Waals surface area contributed by atoms with Gasteiger partial charge in [0, 0.05) is 36.0 Å². The van der Waals surface area contributed by atoms with Gasteiger partial charge in [-0.25, -0.2) is 4.39 Å². The molecule has 6 rings (SSSR count). The quantitative estimate of drug-likeness (QED) is 0.371. The maximum absolute atomic E-state index is 14.0. The topological polar surface area (TPSA) is 118 Å². The number of nitrogens with one attached hydrogen (secondary N) is 3. The maximum Gasteiger partial charge on any atom is 0.268 e. The predicted octanol–water partition coefficient (Wildman–Crippen LogP) is 3.66. The Morgan fingerprint density at radius 1 is 1.10 bits per heavy atom. The lowest BCUT2D eigenvalue weighted by Crippen LogP contribution is -2.51. The molecule has 3 atom stereocenters. The molecule has 194 valence electrons. The van der Waals surface area contributed by atoms with Gasteiger partial charge in [0.1, 0.15) is 23.6 Å². The number of halogens is 1. The van der Waals surface area contributed by atoms with Gasteiger partial charge in [-0.05, 0) is 41.5 Å². The molecule has 0 bridgehead atoms. The number of amides is 3. The average molecular weight is 522 g/mol. The van der Waals surface area contributed by atoms with E-state index in [2.05, 4.69) is 21.7 Å². The Morgan fingerprint density at radius 3 is 2.69 bits per heavy atom. The Kier molecular flexibility index (Phi) is 5.88. The molecular formula is C30H24FN5O3. The highest BCUT2D eigenvalue weighted by molar-refractivity contribution is 6.07. The van der Waals surface area contributed by atoms with Crippen LogP contribution in [0.1, 0.15) is 28.0 Å². The van der Waals surface area contributed by atoms with Gasteiger partial charge in [-0.15, -0.1) is 0 Å². The van der Waals surface area contributed by atoms with Gasteiger partial charge in [0.15, 0.2) is 0 Å². The zero-order valence-corrected chi connectivity index (χ0v) is 20.8. The summed E-state index contributed by atoms with van der Waals surface area (Å²) in [6.45, 7) is -0.00514. The number of likely N-dealkylation sites (tertiary alicyclic amines) is 1. The fourth-order valence-corrected chi connectivity index (χ4v) is 5.72. The number of aromatic amines is 1. The summed E-state index contributed by atoms with van der Waals surface area (Å²) in [6.07, 6.45) is 0.147. The van der Waals surface area contributed by atoms with Gasteiger partial charge in [-0.3, -0.25) is 14.4 Å². The van der Waals surface area contributed by atoms with Crippen LogP contribution in [0.25, 0.3) is 10.9 Å². The fraction of sp³-hybridized carbons (Fsp3) is 0.200. The van der Waals surface area contributed by atoms with Crippen LogP contribution < -0.4 is 10.6 Å². The van der Waals surface area contributed by atoms with Crippen LogP contribution in [0, 0.1) is 17.1 Å². The van der Waals surface area contributed by atoms with Crippen LogP contribution in [0.2, 0.25) is 0 Å². The summed E-state index contributed by atoms with van der Waals surface area (Å²) in [7, 11) is 0. The van der Waals surface area contributed by atoms with Crippen molar-refractivity contribution in [2.75, 3.05) is 11.9 Å². The molecule has 2 aliphatic heterocycles. The molecule has 0 radical (unpaired) electrons. The molecule has 3 aromatic carbocycles. The van der Waals surface area contributed by atoms with Crippen molar-refractivity contribution < 1.29 is 18.8 Å². The van der Waals surface area contributed by atoms with E-state index in [1.165, 1.54) is 23.1 Å². The first-order valence-corrected chi connectivity index (χ1v) is 12.6. The van der Waals surface area contributed by atoms with Crippen LogP contribution in [0.5, 0.6) is 0 Å². The summed E-state index contributed by atoms with van der Waals surface area (Å²) in [4.78, 5) is 44.9. The van der Waals surface area contributed by atoms with E-state index in [9.17, 15) is 24.0 Å². The summed E-state index contributed by atoms with van der Waals surface area (Å²) in [5.41, 5.74) is 1.90. The highest BCUT2D eigenvalue weighted by atomic mass is 19.1. The SMILES string of the molecule is N#C[C@@H]1C[C@@]2(CN1C(=O)[C@H](Cc1cccc(F)c1)NC(=O)c1cc3ccccc3[nH]1)C(=O)Nc1ccccc12. The van der Waals surface area contributed by atoms with Crippen LogP contribution in [0.15, 0.2) is 78.9 Å². The zero-order chi connectivity index (χ0) is 27.1. The standard InChI is InChI=1S/C30H24FN5O3/c31-20-8-5-6-18(12-20)13-26(34-27(37)25-14-19-7-1-3-10-23(19)33-25)28(38)36-17-30(15-21(36)16-32)22-9-2-4-11-24(22)35-29(30)39/h1-12,14,21,26,33H,13,15,17H2,(H,34,37)(H,35,39)/t21-,26-,30-/m0/s1. The van der Waals surface area contributed by atoms with Gasteiger partial charge in [-0.1, -0.05) is 48.5 Å². The van der Waals surface area contributed by atoms with E-state index >= 15 is 0 Å². The van der Waals surface area contributed by atoms with Crippen molar-refractivity contribution in [2.45, 2.75) is 30.3 Å². The van der Waals surface area contributed by atoms with Gasteiger partial charge >= 0.3 is 0 Å². The lowest BCUT2D eigenvalue weighted by molar-refractivity contribution is -0.133. The number of hydrogen-bond donors (Lipinski definition) is 3. The third kappa shape index (κ3) is 4.20. The zero-order valence-electron chi connectivity index (χ0n) is 20.8. The summed E-state index contributed by atoms with van der Waals surface area (Å²) >= 11 is 0. The van der Waals surface area contributed by atoms with Gasteiger partial charge in [0.05, 0.1) is 11.5 Å². The van der Waals surface area contributed by atoms with Crippen molar-refractivity contribution in [2.24, 2.45) is 0 Å². The van der Waals surface area contributed by atoms with Crippen molar-refractivity contribution in [1.82, 2.24) is 15.2 Å². The molecule has 3 heterocycles. The van der Waals surface area contributed by atoms with Crippen molar-refractivity contribution in [1.29, 1.82) is 5.26 Å². The fourth-order valence-electron chi connectivity index (χ4n) is 5.72. The number of rotatable bonds is 5. The molecule has 0 aliphatic carbocycles. The molecule has 4 aromatic rings. The molecule has 39 heavy (non-hydrogen) atoms. The molecule has 2 aliphatic rings. The van der Waals surface area contributed by atoms with Crippen molar-refractivity contribution >= 4 is 34.3 Å². The second-order valence-corrected chi connectivity index (χ2v) is 10.0. The molecule has 1 aromatic heterocycles. The number of aromatic nitrogens is 1. The van der Waals surface area contributed by atoms with E-state index in [1.807, 2.05) is 42.5 Å². The summed E-state index contributed by atoms with van der Waals surface area (Å²) in [6, 6.07) is 22.4. The first-order valence-electron chi connectivity index (χ1n) is 12.6. The van der Waals surface area contributed by atoms with Crippen molar-refractivity contribution in [3.63, 3.8) is 0 Å². The van der Waals surface area contributed by atoms with Crippen LogP contribution in [-0.2, 0) is 21.4 Å². The minimum Gasteiger partial charge on any atom is -0.351 e. The number of benzene rings is 3. The number of anilines is 1. The molecule has 1 spiro atoms. The number of nitrogens with zero attached hydrogens (tertiary/aromatic N) is 2. The van der Waals surface area contributed by atoms with E-state index in [4.69, 9.17) is 0 Å².